The van der Waals surface area contributed by atoms with Gasteiger partial charge in [0.15, 0.2) is 5.78 Å². The molecule has 4 nitrogen and oxygen atoms in total. The third kappa shape index (κ3) is 6.06. The van der Waals surface area contributed by atoms with Gasteiger partial charge < -0.3 is 16.4 Å². The summed E-state index contributed by atoms with van der Waals surface area (Å²) < 4.78 is 0. The third-order valence-corrected chi connectivity index (χ3v) is 2.30. The average Bonchev–Trinajstić information content (AvgIpc) is 2.35. The van der Waals surface area contributed by atoms with Crippen LogP contribution in [-0.4, -0.2) is 24.4 Å². The largest absolute Gasteiger partial charge is 0.371 e. The van der Waals surface area contributed by atoms with Gasteiger partial charge in [-0.15, -0.1) is 0 Å². The molecule has 0 atom stereocenters. The molecule has 19 heavy (non-hydrogen) atoms. The number of benzene rings is 1. The maximum Gasteiger partial charge on any atom is 0.189 e. The molecule has 1 aromatic carbocycles. The first-order chi connectivity index (χ1) is 8.92. The van der Waals surface area contributed by atoms with E-state index in [4.69, 9.17) is 5.73 Å². The van der Waals surface area contributed by atoms with Gasteiger partial charge >= 0.3 is 0 Å². The molecule has 0 aliphatic carbocycles. The fourth-order valence-corrected chi connectivity index (χ4v) is 1.56. The minimum absolute atomic E-state index is 0.0307. The summed E-state index contributed by atoms with van der Waals surface area (Å²) in [6.07, 6.45) is 1.58. The van der Waals surface area contributed by atoms with Crippen LogP contribution in [0.5, 0.6) is 0 Å². The van der Waals surface area contributed by atoms with Gasteiger partial charge in [0.25, 0.3) is 0 Å². The van der Waals surface area contributed by atoms with Crippen LogP contribution >= 0.6 is 0 Å². The van der Waals surface area contributed by atoms with Crippen LogP contribution in [0.25, 0.3) is 0 Å². The monoisotopic (exact) mass is 261 g/mol. The minimum Gasteiger partial charge on any atom is -0.371 e. The van der Waals surface area contributed by atoms with E-state index in [2.05, 4.69) is 10.6 Å². The molecule has 0 bridgehead atoms. The van der Waals surface area contributed by atoms with E-state index in [1.54, 1.807) is 18.2 Å². The molecular weight excluding hydrogens is 238 g/mol. The highest BCUT2D eigenvalue weighted by atomic mass is 16.1. The highest BCUT2D eigenvalue weighted by Crippen LogP contribution is 2.05. The Morgan fingerprint density at radius 2 is 1.89 bits per heavy atom. The molecule has 1 rings (SSSR count). The molecule has 1 aromatic rings. The van der Waals surface area contributed by atoms with E-state index in [1.807, 2.05) is 39.0 Å². The Labute approximate surface area is 115 Å². The Kier molecular flexibility index (Phi) is 5.57. The fourth-order valence-electron chi connectivity index (χ4n) is 1.56. The quantitative estimate of drug-likeness (QED) is 0.538. The van der Waals surface area contributed by atoms with Gasteiger partial charge in [-0.05, 0) is 20.8 Å². The number of nitrogens with two attached hydrogens (primary N) is 1. The molecule has 4 N–H and O–H groups in total. The SMILES string of the molecule is CC(C)(C)N/C(=C\C(=O)c1ccccc1)NCCN. The number of allylic oxidation sites excluding steroid dienone is 1. The van der Waals surface area contributed by atoms with Crippen molar-refractivity contribution in [2.45, 2.75) is 26.3 Å². The molecular formula is C15H23N3O. The smallest absolute Gasteiger partial charge is 0.189 e. The first kappa shape index (κ1) is 15.2. The lowest BCUT2D eigenvalue weighted by Gasteiger charge is -2.25. The van der Waals surface area contributed by atoms with Crippen molar-refractivity contribution in [3.05, 3.63) is 47.8 Å². The van der Waals surface area contributed by atoms with E-state index in [-0.39, 0.29) is 11.3 Å². The van der Waals surface area contributed by atoms with Crippen LogP contribution in [0.2, 0.25) is 0 Å². The van der Waals surface area contributed by atoms with Crippen molar-refractivity contribution >= 4 is 5.78 Å². The average molecular weight is 261 g/mol. The van der Waals surface area contributed by atoms with Crippen LogP contribution in [-0.2, 0) is 0 Å². The normalized spacial score (nSPS) is 12.1. The van der Waals surface area contributed by atoms with Crippen LogP contribution < -0.4 is 16.4 Å². The van der Waals surface area contributed by atoms with Gasteiger partial charge in [-0.2, -0.15) is 0 Å². The molecule has 0 aliphatic heterocycles. The maximum atomic E-state index is 12.1. The van der Waals surface area contributed by atoms with Crippen molar-refractivity contribution in [1.82, 2.24) is 10.6 Å². The summed E-state index contributed by atoms with van der Waals surface area (Å²) in [6.45, 7) is 7.26. The molecule has 104 valence electrons. The van der Waals surface area contributed by atoms with E-state index in [1.165, 1.54) is 0 Å². The summed E-state index contributed by atoms with van der Waals surface area (Å²) >= 11 is 0. The Morgan fingerprint density at radius 1 is 1.26 bits per heavy atom. The fraction of sp³-hybridized carbons (Fsp3) is 0.400. The molecule has 0 radical (unpaired) electrons. The van der Waals surface area contributed by atoms with E-state index >= 15 is 0 Å². The first-order valence-electron chi connectivity index (χ1n) is 6.45. The summed E-state index contributed by atoms with van der Waals surface area (Å²) in [6, 6.07) is 9.20. The van der Waals surface area contributed by atoms with Crippen molar-refractivity contribution in [2.75, 3.05) is 13.1 Å². The van der Waals surface area contributed by atoms with E-state index in [9.17, 15) is 4.79 Å². The number of nitrogens with one attached hydrogen (secondary N) is 2. The van der Waals surface area contributed by atoms with Gasteiger partial charge in [0.1, 0.15) is 5.82 Å². The molecule has 4 heteroatoms. The molecule has 0 heterocycles. The van der Waals surface area contributed by atoms with Crippen LogP contribution in [0.1, 0.15) is 31.1 Å². The van der Waals surface area contributed by atoms with E-state index in [0.717, 1.165) is 0 Å². The molecule has 0 saturated carbocycles. The molecule has 0 aliphatic rings. The zero-order valence-corrected chi connectivity index (χ0v) is 11.9. The zero-order chi connectivity index (χ0) is 14.3. The standard InChI is InChI=1S/C15H23N3O/c1-15(2,3)18-14(17-10-9-16)11-13(19)12-7-5-4-6-8-12/h4-8,11,17-18H,9-10,16H2,1-3H3/b14-11-. The number of ketones is 1. The topological polar surface area (TPSA) is 67.2 Å². The Hall–Kier alpha value is -1.81. The lowest BCUT2D eigenvalue weighted by molar-refractivity contribution is 0.104. The second-order valence-corrected chi connectivity index (χ2v) is 5.38. The second-order valence-electron chi connectivity index (χ2n) is 5.38. The second kappa shape index (κ2) is 6.95. The van der Waals surface area contributed by atoms with Crippen molar-refractivity contribution < 1.29 is 4.79 Å². The Balaban J connectivity index is 2.84. The lowest BCUT2D eigenvalue weighted by Crippen LogP contribution is -2.41. The third-order valence-electron chi connectivity index (χ3n) is 2.30. The summed E-state index contributed by atoms with van der Waals surface area (Å²) in [4.78, 5) is 12.1. The molecule has 0 aromatic heterocycles. The van der Waals surface area contributed by atoms with Gasteiger partial charge in [-0.3, -0.25) is 4.79 Å². The highest BCUT2D eigenvalue weighted by Gasteiger charge is 2.12. The molecule has 0 spiro atoms. The van der Waals surface area contributed by atoms with Crippen LogP contribution in [0.4, 0.5) is 0 Å². The predicted molar refractivity (Wildman–Crippen MR) is 78.8 cm³/mol. The van der Waals surface area contributed by atoms with Crippen molar-refractivity contribution in [1.29, 1.82) is 0 Å². The van der Waals surface area contributed by atoms with Gasteiger partial charge in [0.2, 0.25) is 0 Å². The van der Waals surface area contributed by atoms with Gasteiger partial charge in [-0.25, -0.2) is 0 Å². The summed E-state index contributed by atoms with van der Waals surface area (Å²) in [5.74, 6) is 0.670. The molecule has 0 saturated heterocycles. The van der Waals surface area contributed by atoms with Crippen molar-refractivity contribution in [2.24, 2.45) is 5.73 Å². The summed E-state index contributed by atoms with van der Waals surface area (Å²) in [5, 5.41) is 6.40. The van der Waals surface area contributed by atoms with Crippen LogP contribution in [0.3, 0.4) is 0 Å². The minimum atomic E-state index is -0.121. The highest BCUT2D eigenvalue weighted by molar-refractivity contribution is 6.04. The number of hydrogen-bond acceptors (Lipinski definition) is 4. The molecule has 0 fully saturated rings. The van der Waals surface area contributed by atoms with Crippen LogP contribution in [0.15, 0.2) is 42.2 Å². The Morgan fingerprint density at radius 3 is 2.42 bits per heavy atom. The molecule has 0 amide bonds. The maximum absolute atomic E-state index is 12.1. The predicted octanol–water partition coefficient (Wildman–Crippen LogP) is 1.65. The summed E-state index contributed by atoms with van der Waals surface area (Å²) in [7, 11) is 0. The van der Waals surface area contributed by atoms with E-state index < -0.39 is 0 Å². The first-order valence-corrected chi connectivity index (χ1v) is 6.45. The van der Waals surface area contributed by atoms with E-state index in [0.29, 0.717) is 24.5 Å². The van der Waals surface area contributed by atoms with Gasteiger partial charge in [0, 0.05) is 30.3 Å². The van der Waals surface area contributed by atoms with Crippen molar-refractivity contribution in [3.8, 4) is 0 Å². The van der Waals surface area contributed by atoms with Gasteiger partial charge in [0.05, 0.1) is 0 Å². The van der Waals surface area contributed by atoms with Crippen LogP contribution in [0, 0.1) is 0 Å². The molecule has 0 unspecified atom stereocenters. The lowest BCUT2D eigenvalue weighted by atomic mass is 10.1. The summed E-state index contributed by atoms with van der Waals surface area (Å²) in [5.41, 5.74) is 6.03. The Bertz CT molecular complexity index is 432. The number of rotatable bonds is 6. The number of hydrogen-bond donors (Lipinski definition) is 3. The zero-order valence-electron chi connectivity index (χ0n) is 11.9. The van der Waals surface area contributed by atoms with Gasteiger partial charge in [-0.1, -0.05) is 30.3 Å². The number of carbonyl (C=O) groups is 1. The number of carbonyl (C=O) groups excluding carboxylic acids is 1. The van der Waals surface area contributed by atoms with Crippen molar-refractivity contribution in [3.63, 3.8) is 0 Å².